The van der Waals surface area contributed by atoms with E-state index in [4.69, 9.17) is 9.15 Å². The van der Waals surface area contributed by atoms with Crippen LogP contribution in [0.3, 0.4) is 0 Å². The zero-order chi connectivity index (χ0) is 19.1. The molecule has 0 radical (unpaired) electrons. The fourth-order valence-electron chi connectivity index (χ4n) is 3.34. The van der Waals surface area contributed by atoms with Gasteiger partial charge in [-0.25, -0.2) is 4.79 Å². The minimum Gasteiger partial charge on any atom is -0.465 e. The maximum Gasteiger partial charge on any atom is 0.319 e. The number of furan rings is 1. The van der Waals surface area contributed by atoms with Gasteiger partial charge in [0.05, 0.1) is 19.3 Å². The molecule has 0 spiro atoms. The minimum atomic E-state index is -0.209. The molecule has 1 aliphatic heterocycles. The Morgan fingerprint density at radius 2 is 1.89 bits per heavy atom. The Bertz CT molecular complexity index is 721. The molecular formula is C21H29N3O3. The molecule has 2 aromatic rings. The molecule has 0 bridgehead atoms. The first-order valence-corrected chi connectivity index (χ1v) is 9.67. The summed E-state index contributed by atoms with van der Waals surface area (Å²) in [5, 5.41) is 5.89. The number of benzene rings is 1. The van der Waals surface area contributed by atoms with Crippen molar-refractivity contribution in [2.24, 2.45) is 0 Å². The average molecular weight is 371 g/mol. The fraction of sp³-hybridized carbons (Fsp3) is 0.476. The number of aryl methyl sites for hydroxylation is 2. The molecule has 2 amide bonds. The van der Waals surface area contributed by atoms with E-state index in [0.717, 1.165) is 43.1 Å². The van der Waals surface area contributed by atoms with Crippen molar-refractivity contribution in [1.82, 2.24) is 10.2 Å². The quantitative estimate of drug-likeness (QED) is 0.778. The van der Waals surface area contributed by atoms with Crippen molar-refractivity contribution in [3.05, 3.63) is 53.5 Å². The molecule has 1 fully saturated rings. The molecule has 1 atom stereocenters. The highest BCUT2D eigenvalue weighted by Gasteiger charge is 2.25. The monoisotopic (exact) mass is 371 g/mol. The SMILES string of the molecule is CCCc1ccc(NC(=O)NCC(c2ccc(C)o2)N2CCOCC2)cc1. The Labute approximate surface area is 160 Å². The third-order valence-electron chi connectivity index (χ3n) is 4.78. The summed E-state index contributed by atoms with van der Waals surface area (Å²) in [5.41, 5.74) is 2.08. The number of urea groups is 1. The minimum absolute atomic E-state index is 0.000259. The van der Waals surface area contributed by atoms with Gasteiger partial charge in [-0.3, -0.25) is 4.90 Å². The number of carbonyl (C=O) groups is 1. The topological polar surface area (TPSA) is 66.7 Å². The van der Waals surface area contributed by atoms with E-state index in [9.17, 15) is 4.79 Å². The van der Waals surface area contributed by atoms with E-state index in [2.05, 4.69) is 34.6 Å². The van der Waals surface area contributed by atoms with Crippen molar-refractivity contribution in [3.8, 4) is 0 Å². The molecule has 6 heteroatoms. The lowest BCUT2D eigenvalue weighted by atomic mass is 10.1. The van der Waals surface area contributed by atoms with Crippen molar-refractivity contribution < 1.29 is 13.9 Å². The Kier molecular flexibility index (Phi) is 6.90. The van der Waals surface area contributed by atoms with Crippen LogP contribution in [0.2, 0.25) is 0 Å². The van der Waals surface area contributed by atoms with Crippen LogP contribution < -0.4 is 10.6 Å². The van der Waals surface area contributed by atoms with Gasteiger partial charge in [-0.15, -0.1) is 0 Å². The Morgan fingerprint density at radius 1 is 1.15 bits per heavy atom. The molecule has 1 aromatic heterocycles. The third kappa shape index (κ3) is 5.58. The molecule has 3 rings (SSSR count). The lowest BCUT2D eigenvalue weighted by Crippen LogP contribution is -2.44. The van der Waals surface area contributed by atoms with E-state index >= 15 is 0 Å². The van der Waals surface area contributed by atoms with Crippen LogP contribution in [-0.2, 0) is 11.2 Å². The highest BCUT2D eigenvalue weighted by molar-refractivity contribution is 5.89. The van der Waals surface area contributed by atoms with Crippen LogP contribution in [0.4, 0.5) is 10.5 Å². The van der Waals surface area contributed by atoms with Crippen LogP contribution in [-0.4, -0.2) is 43.8 Å². The molecule has 1 saturated heterocycles. The van der Waals surface area contributed by atoms with E-state index in [1.807, 2.05) is 31.2 Å². The second-order valence-corrected chi connectivity index (χ2v) is 6.89. The number of amides is 2. The number of anilines is 1. The molecule has 0 aliphatic carbocycles. The van der Waals surface area contributed by atoms with Gasteiger partial charge in [-0.2, -0.15) is 0 Å². The van der Waals surface area contributed by atoms with Crippen LogP contribution in [0.15, 0.2) is 40.8 Å². The average Bonchev–Trinajstić information content (AvgIpc) is 3.11. The molecule has 6 nitrogen and oxygen atoms in total. The van der Waals surface area contributed by atoms with Gasteiger partial charge in [0.2, 0.25) is 0 Å². The van der Waals surface area contributed by atoms with E-state index in [1.54, 1.807) is 0 Å². The number of nitrogens with one attached hydrogen (secondary N) is 2. The van der Waals surface area contributed by atoms with Crippen LogP contribution >= 0.6 is 0 Å². The van der Waals surface area contributed by atoms with E-state index in [-0.39, 0.29) is 12.1 Å². The summed E-state index contributed by atoms with van der Waals surface area (Å²) in [4.78, 5) is 14.6. The first-order chi connectivity index (χ1) is 13.2. The van der Waals surface area contributed by atoms with Gasteiger partial charge >= 0.3 is 6.03 Å². The standard InChI is InChI=1S/C21H29N3O3/c1-3-4-17-6-8-18(9-7-17)23-21(25)22-15-19(20-10-5-16(2)27-20)24-11-13-26-14-12-24/h5-10,19H,3-4,11-15H2,1-2H3,(H2,22,23,25). The highest BCUT2D eigenvalue weighted by atomic mass is 16.5. The third-order valence-corrected chi connectivity index (χ3v) is 4.78. The highest BCUT2D eigenvalue weighted by Crippen LogP contribution is 2.23. The molecule has 1 aliphatic rings. The van der Waals surface area contributed by atoms with E-state index in [0.29, 0.717) is 19.8 Å². The number of rotatable bonds is 7. The number of ether oxygens (including phenoxy) is 1. The zero-order valence-corrected chi connectivity index (χ0v) is 16.2. The normalized spacial score (nSPS) is 16.1. The zero-order valence-electron chi connectivity index (χ0n) is 16.2. The van der Waals surface area contributed by atoms with Crippen LogP contribution in [0.5, 0.6) is 0 Å². The molecule has 0 saturated carbocycles. The lowest BCUT2D eigenvalue weighted by molar-refractivity contribution is 0.0122. The van der Waals surface area contributed by atoms with Crippen LogP contribution in [0.1, 0.15) is 36.5 Å². The first-order valence-electron chi connectivity index (χ1n) is 9.67. The van der Waals surface area contributed by atoms with Crippen LogP contribution in [0, 0.1) is 6.92 Å². The van der Waals surface area contributed by atoms with Gasteiger partial charge < -0.3 is 19.8 Å². The largest absolute Gasteiger partial charge is 0.465 e. The second kappa shape index (κ2) is 9.58. The van der Waals surface area contributed by atoms with Crippen molar-refractivity contribution in [2.45, 2.75) is 32.7 Å². The Morgan fingerprint density at radius 3 is 2.52 bits per heavy atom. The summed E-state index contributed by atoms with van der Waals surface area (Å²) in [6.45, 7) is 7.62. The number of hydrogen-bond donors (Lipinski definition) is 2. The smallest absolute Gasteiger partial charge is 0.319 e. The predicted octanol–water partition coefficient (Wildman–Crippen LogP) is 3.74. The Balaban J connectivity index is 1.58. The van der Waals surface area contributed by atoms with Gasteiger partial charge in [0.1, 0.15) is 11.5 Å². The number of carbonyl (C=O) groups excluding carboxylic acids is 1. The summed E-state index contributed by atoms with van der Waals surface area (Å²) in [7, 11) is 0. The predicted molar refractivity (Wildman–Crippen MR) is 106 cm³/mol. The lowest BCUT2D eigenvalue weighted by Gasteiger charge is -2.33. The summed E-state index contributed by atoms with van der Waals surface area (Å²) >= 11 is 0. The van der Waals surface area contributed by atoms with Crippen molar-refractivity contribution in [3.63, 3.8) is 0 Å². The maximum atomic E-state index is 12.4. The molecular weight excluding hydrogens is 342 g/mol. The van der Waals surface area contributed by atoms with Crippen molar-refractivity contribution >= 4 is 11.7 Å². The van der Waals surface area contributed by atoms with Gasteiger partial charge in [0.15, 0.2) is 0 Å². The molecule has 1 unspecified atom stereocenters. The summed E-state index contributed by atoms with van der Waals surface area (Å²) in [6.07, 6.45) is 2.17. The number of morpholine rings is 1. The van der Waals surface area contributed by atoms with Gasteiger partial charge in [0.25, 0.3) is 0 Å². The fourth-order valence-corrected chi connectivity index (χ4v) is 3.34. The summed E-state index contributed by atoms with van der Waals surface area (Å²) in [5.74, 6) is 1.75. The first kappa shape index (κ1) is 19.5. The molecule has 2 heterocycles. The molecule has 1 aromatic carbocycles. The van der Waals surface area contributed by atoms with Gasteiger partial charge in [0, 0.05) is 25.3 Å². The van der Waals surface area contributed by atoms with E-state index < -0.39 is 0 Å². The molecule has 146 valence electrons. The Hall–Kier alpha value is -2.31. The second-order valence-electron chi connectivity index (χ2n) is 6.89. The van der Waals surface area contributed by atoms with Crippen LogP contribution in [0.25, 0.3) is 0 Å². The maximum absolute atomic E-state index is 12.4. The van der Waals surface area contributed by atoms with E-state index in [1.165, 1.54) is 5.56 Å². The summed E-state index contributed by atoms with van der Waals surface area (Å²) in [6, 6.07) is 11.7. The molecule has 2 N–H and O–H groups in total. The number of hydrogen-bond acceptors (Lipinski definition) is 4. The van der Waals surface area contributed by atoms with Gasteiger partial charge in [-0.1, -0.05) is 25.5 Å². The van der Waals surface area contributed by atoms with Crippen molar-refractivity contribution in [1.29, 1.82) is 0 Å². The van der Waals surface area contributed by atoms with Gasteiger partial charge in [-0.05, 0) is 43.2 Å². The number of nitrogens with zero attached hydrogens (tertiary/aromatic N) is 1. The van der Waals surface area contributed by atoms with Crippen molar-refractivity contribution in [2.75, 3.05) is 38.2 Å². The summed E-state index contributed by atoms with van der Waals surface area (Å²) < 4.78 is 11.3. The molecule has 27 heavy (non-hydrogen) atoms.